The fourth-order valence-corrected chi connectivity index (χ4v) is 1.16. The first-order chi connectivity index (χ1) is 4.61. The Morgan fingerprint density at radius 3 is 2.90 bits per heavy atom. The van der Waals surface area contributed by atoms with Crippen molar-refractivity contribution >= 4 is 5.91 Å². The van der Waals surface area contributed by atoms with Crippen LogP contribution in [-0.4, -0.2) is 41.7 Å². The minimum atomic E-state index is -0.506. The van der Waals surface area contributed by atoms with Crippen LogP contribution in [0.25, 0.3) is 0 Å². The second kappa shape index (κ2) is 2.56. The monoisotopic (exact) mass is 144 g/mol. The number of aliphatic hydroxyl groups excluding tert-OH is 1. The maximum Gasteiger partial charge on any atom is 0.239 e. The molecule has 2 unspecified atom stereocenters. The highest BCUT2D eigenvalue weighted by molar-refractivity contribution is 5.82. The summed E-state index contributed by atoms with van der Waals surface area (Å²) in [6.07, 6.45) is -0.0545. The van der Waals surface area contributed by atoms with Crippen LogP contribution in [-0.2, 0) is 4.79 Å². The molecule has 1 heterocycles. The summed E-state index contributed by atoms with van der Waals surface area (Å²) >= 11 is 0. The first-order valence-electron chi connectivity index (χ1n) is 3.30. The number of carbonyl (C=O) groups excluding carboxylic acids is 1. The second-order valence-corrected chi connectivity index (χ2v) is 2.71. The lowest BCUT2D eigenvalue weighted by Crippen LogP contribution is -2.51. The van der Waals surface area contributed by atoms with Crippen molar-refractivity contribution in [3.8, 4) is 0 Å². The molecule has 1 amide bonds. The van der Waals surface area contributed by atoms with E-state index in [0.717, 1.165) is 0 Å². The van der Waals surface area contributed by atoms with Crippen molar-refractivity contribution in [3.63, 3.8) is 0 Å². The Morgan fingerprint density at radius 2 is 2.40 bits per heavy atom. The SMILES string of the molecule is CN1CC(O)CC(N)C1=O. The standard InChI is InChI=1S/C6H12N2O2/c1-8-3-4(9)2-5(7)6(8)10/h4-5,9H,2-3,7H2,1H3. The van der Waals surface area contributed by atoms with Crippen LogP contribution in [0.1, 0.15) is 6.42 Å². The third-order valence-corrected chi connectivity index (χ3v) is 1.70. The van der Waals surface area contributed by atoms with Crippen LogP contribution in [0.15, 0.2) is 0 Å². The summed E-state index contributed by atoms with van der Waals surface area (Å²) in [5.74, 6) is -0.0784. The van der Waals surface area contributed by atoms with Crippen molar-refractivity contribution in [2.45, 2.75) is 18.6 Å². The zero-order valence-corrected chi connectivity index (χ0v) is 5.95. The van der Waals surface area contributed by atoms with Gasteiger partial charge in [-0.2, -0.15) is 0 Å². The van der Waals surface area contributed by atoms with Gasteiger partial charge in [-0.3, -0.25) is 4.79 Å². The van der Waals surface area contributed by atoms with E-state index in [1.807, 2.05) is 0 Å². The van der Waals surface area contributed by atoms with E-state index in [4.69, 9.17) is 10.8 Å². The number of likely N-dealkylation sites (N-methyl/N-ethyl adjacent to an activating group) is 1. The lowest BCUT2D eigenvalue weighted by atomic mass is 10.0. The van der Waals surface area contributed by atoms with Crippen LogP contribution < -0.4 is 5.73 Å². The minimum absolute atomic E-state index is 0.0784. The van der Waals surface area contributed by atoms with Gasteiger partial charge in [-0.25, -0.2) is 0 Å². The van der Waals surface area contributed by atoms with Gasteiger partial charge >= 0.3 is 0 Å². The molecule has 1 fully saturated rings. The first-order valence-corrected chi connectivity index (χ1v) is 3.30. The Morgan fingerprint density at radius 1 is 1.80 bits per heavy atom. The van der Waals surface area contributed by atoms with Crippen LogP contribution in [0.3, 0.4) is 0 Å². The summed E-state index contributed by atoms with van der Waals surface area (Å²) in [5.41, 5.74) is 5.41. The summed E-state index contributed by atoms with van der Waals surface area (Å²) in [5, 5.41) is 9.09. The highest BCUT2D eigenvalue weighted by Crippen LogP contribution is 2.07. The van der Waals surface area contributed by atoms with Gasteiger partial charge in [0.1, 0.15) is 0 Å². The molecule has 1 aliphatic rings. The lowest BCUT2D eigenvalue weighted by Gasteiger charge is -2.30. The predicted octanol–water partition coefficient (Wildman–Crippen LogP) is -1.46. The van der Waals surface area contributed by atoms with Gasteiger partial charge in [-0.1, -0.05) is 0 Å². The molecule has 10 heavy (non-hydrogen) atoms. The number of hydrogen-bond donors (Lipinski definition) is 2. The average molecular weight is 144 g/mol. The molecule has 0 aromatic rings. The number of rotatable bonds is 0. The van der Waals surface area contributed by atoms with Gasteiger partial charge in [0, 0.05) is 13.6 Å². The number of amides is 1. The van der Waals surface area contributed by atoms with E-state index in [-0.39, 0.29) is 5.91 Å². The molecule has 4 nitrogen and oxygen atoms in total. The summed E-state index contributed by atoms with van der Waals surface area (Å²) in [4.78, 5) is 12.4. The second-order valence-electron chi connectivity index (χ2n) is 2.71. The highest BCUT2D eigenvalue weighted by atomic mass is 16.3. The molecule has 0 aromatic carbocycles. The Kier molecular flexibility index (Phi) is 1.92. The van der Waals surface area contributed by atoms with Crippen LogP contribution in [0.2, 0.25) is 0 Å². The van der Waals surface area contributed by atoms with Gasteiger partial charge in [0.15, 0.2) is 0 Å². The maximum absolute atomic E-state index is 11.0. The number of β-amino-alcohol motifs (C(OH)–C–C–N with tert-alkyl or cyclic N) is 1. The molecule has 58 valence electrons. The van der Waals surface area contributed by atoms with Gasteiger partial charge < -0.3 is 15.7 Å². The molecule has 0 saturated carbocycles. The van der Waals surface area contributed by atoms with Crippen molar-refractivity contribution in [3.05, 3.63) is 0 Å². The van der Waals surface area contributed by atoms with Crippen molar-refractivity contribution in [1.29, 1.82) is 0 Å². The molecule has 3 N–H and O–H groups in total. The van der Waals surface area contributed by atoms with Crippen LogP contribution >= 0.6 is 0 Å². The molecule has 0 spiro atoms. The first kappa shape index (κ1) is 7.50. The highest BCUT2D eigenvalue weighted by Gasteiger charge is 2.27. The summed E-state index contributed by atoms with van der Waals surface area (Å²) < 4.78 is 0. The van der Waals surface area contributed by atoms with E-state index >= 15 is 0 Å². The molecule has 1 aliphatic heterocycles. The van der Waals surface area contributed by atoms with Crippen molar-refractivity contribution in [2.24, 2.45) is 5.73 Å². The Balaban J connectivity index is 2.57. The maximum atomic E-state index is 11.0. The number of hydrogen-bond acceptors (Lipinski definition) is 3. The van der Waals surface area contributed by atoms with Crippen LogP contribution in [0.4, 0.5) is 0 Å². The van der Waals surface area contributed by atoms with Crippen molar-refractivity contribution < 1.29 is 9.90 Å². The van der Waals surface area contributed by atoms with Gasteiger partial charge in [0.2, 0.25) is 5.91 Å². The Labute approximate surface area is 59.6 Å². The van der Waals surface area contributed by atoms with Gasteiger partial charge in [0.05, 0.1) is 12.1 Å². The molecular weight excluding hydrogens is 132 g/mol. The van der Waals surface area contributed by atoms with Gasteiger partial charge in [0.25, 0.3) is 0 Å². The molecule has 0 aliphatic carbocycles. The molecule has 4 heteroatoms. The fourth-order valence-electron chi connectivity index (χ4n) is 1.16. The zero-order valence-electron chi connectivity index (χ0n) is 5.95. The Hall–Kier alpha value is -0.610. The van der Waals surface area contributed by atoms with Crippen molar-refractivity contribution in [2.75, 3.05) is 13.6 Å². The third-order valence-electron chi connectivity index (χ3n) is 1.70. The predicted molar refractivity (Wildman–Crippen MR) is 36.2 cm³/mol. The summed E-state index contributed by atoms with van der Waals surface area (Å²) in [7, 11) is 1.64. The minimum Gasteiger partial charge on any atom is -0.391 e. The van der Waals surface area contributed by atoms with E-state index in [2.05, 4.69) is 0 Å². The average Bonchev–Trinajstić information content (AvgIpc) is 1.82. The van der Waals surface area contributed by atoms with Crippen LogP contribution in [0.5, 0.6) is 0 Å². The molecule has 0 bridgehead atoms. The number of nitrogens with two attached hydrogens (primary N) is 1. The fraction of sp³-hybridized carbons (Fsp3) is 0.833. The Bertz CT molecular complexity index is 135. The smallest absolute Gasteiger partial charge is 0.239 e. The van der Waals surface area contributed by atoms with E-state index in [1.165, 1.54) is 4.90 Å². The molecule has 2 atom stereocenters. The van der Waals surface area contributed by atoms with Crippen molar-refractivity contribution in [1.82, 2.24) is 4.90 Å². The summed E-state index contributed by atoms with van der Waals surface area (Å²) in [6, 6.07) is -0.506. The molecular formula is C6H12N2O2. The number of carbonyl (C=O) groups is 1. The van der Waals surface area contributed by atoms with Gasteiger partial charge in [-0.05, 0) is 6.42 Å². The van der Waals surface area contributed by atoms with E-state index in [0.29, 0.717) is 13.0 Å². The third kappa shape index (κ3) is 1.27. The quantitative estimate of drug-likeness (QED) is 0.436. The van der Waals surface area contributed by atoms with E-state index in [9.17, 15) is 4.79 Å². The molecule has 0 aromatic heterocycles. The zero-order chi connectivity index (χ0) is 7.72. The lowest BCUT2D eigenvalue weighted by molar-refractivity contribution is -0.136. The van der Waals surface area contributed by atoms with E-state index in [1.54, 1.807) is 7.05 Å². The largest absolute Gasteiger partial charge is 0.391 e. The molecule has 0 radical (unpaired) electrons. The normalized spacial score (nSPS) is 34.7. The van der Waals surface area contributed by atoms with Crippen LogP contribution in [0, 0.1) is 0 Å². The van der Waals surface area contributed by atoms with Gasteiger partial charge in [-0.15, -0.1) is 0 Å². The van der Waals surface area contributed by atoms with E-state index < -0.39 is 12.1 Å². The number of piperidine rings is 1. The summed E-state index contributed by atoms with van der Waals surface area (Å²) in [6.45, 7) is 0.409. The topological polar surface area (TPSA) is 66.6 Å². The molecule has 1 rings (SSSR count). The number of aliphatic hydroxyl groups is 1. The number of nitrogens with zero attached hydrogens (tertiary/aromatic N) is 1. The number of likely N-dealkylation sites (tertiary alicyclic amines) is 1. The molecule has 1 saturated heterocycles.